The number of ketones is 1. The van der Waals surface area contributed by atoms with Crippen molar-refractivity contribution in [2.45, 2.75) is 31.8 Å². The van der Waals surface area contributed by atoms with Crippen LogP contribution in [0.1, 0.15) is 31.4 Å². The molecule has 80 valence electrons. The molecule has 0 spiro atoms. The first-order valence-corrected chi connectivity index (χ1v) is 5.47. The molecule has 1 aliphatic rings. The van der Waals surface area contributed by atoms with Crippen molar-refractivity contribution in [3.05, 3.63) is 35.9 Å². The molecule has 0 aromatic heterocycles. The van der Waals surface area contributed by atoms with Gasteiger partial charge in [0.1, 0.15) is 5.78 Å². The lowest BCUT2D eigenvalue weighted by atomic mass is 10.1. The molecule has 2 atom stereocenters. The average Bonchev–Trinajstić information content (AvgIpc) is 2.61. The smallest absolute Gasteiger partial charge is 0.146 e. The van der Waals surface area contributed by atoms with Crippen molar-refractivity contribution >= 4 is 5.78 Å². The van der Waals surface area contributed by atoms with E-state index in [-0.39, 0.29) is 11.8 Å². The molecule has 2 nitrogen and oxygen atoms in total. The van der Waals surface area contributed by atoms with Gasteiger partial charge in [-0.15, -0.1) is 0 Å². The largest absolute Gasteiger partial charge is 0.298 e. The second-order valence-electron chi connectivity index (χ2n) is 4.30. The lowest BCUT2D eigenvalue weighted by molar-refractivity contribution is -0.121. The number of carbonyl (C=O) groups is 1. The number of likely N-dealkylation sites (N-methyl/N-ethyl adjacent to an activating group) is 1. The molecule has 0 aliphatic carbocycles. The van der Waals surface area contributed by atoms with Gasteiger partial charge in [0.15, 0.2) is 0 Å². The maximum atomic E-state index is 11.4. The number of carbonyl (C=O) groups excluding carboxylic acids is 1. The Morgan fingerprint density at radius 1 is 1.27 bits per heavy atom. The van der Waals surface area contributed by atoms with Crippen LogP contribution in [0.5, 0.6) is 0 Å². The van der Waals surface area contributed by atoms with Crippen LogP contribution in [0.25, 0.3) is 0 Å². The van der Waals surface area contributed by atoms with Gasteiger partial charge in [0.25, 0.3) is 0 Å². The van der Waals surface area contributed by atoms with E-state index in [4.69, 9.17) is 0 Å². The zero-order valence-electron chi connectivity index (χ0n) is 9.31. The summed E-state index contributed by atoms with van der Waals surface area (Å²) in [5.74, 6) is 0.288. The molecular formula is C13H17NO. The van der Waals surface area contributed by atoms with E-state index in [1.54, 1.807) is 6.92 Å². The van der Waals surface area contributed by atoms with E-state index in [9.17, 15) is 4.79 Å². The van der Waals surface area contributed by atoms with Crippen LogP contribution in [0.2, 0.25) is 0 Å². The molecule has 0 N–H and O–H groups in total. The number of nitrogens with zero attached hydrogens (tertiary/aromatic N) is 1. The Labute approximate surface area is 90.9 Å². The van der Waals surface area contributed by atoms with E-state index < -0.39 is 0 Å². The van der Waals surface area contributed by atoms with Crippen molar-refractivity contribution in [3.8, 4) is 0 Å². The van der Waals surface area contributed by atoms with Crippen LogP contribution < -0.4 is 0 Å². The van der Waals surface area contributed by atoms with Gasteiger partial charge >= 0.3 is 0 Å². The Bertz CT molecular complexity index is 347. The Kier molecular flexibility index (Phi) is 2.87. The van der Waals surface area contributed by atoms with Crippen LogP contribution in [0, 0.1) is 0 Å². The van der Waals surface area contributed by atoms with Gasteiger partial charge in [0.2, 0.25) is 0 Å². The molecule has 1 aliphatic heterocycles. The summed E-state index contributed by atoms with van der Waals surface area (Å²) in [5, 5.41) is 0. The van der Waals surface area contributed by atoms with Crippen molar-refractivity contribution in [2.75, 3.05) is 7.05 Å². The molecule has 15 heavy (non-hydrogen) atoms. The molecule has 2 rings (SSSR count). The summed E-state index contributed by atoms with van der Waals surface area (Å²) in [4.78, 5) is 13.6. The van der Waals surface area contributed by atoms with E-state index in [1.807, 2.05) is 6.07 Å². The van der Waals surface area contributed by atoms with Crippen LogP contribution in [-0.2, 0) is 4.79 Å². The highest BCUT2D eigenvalue weighted by molar-refractivity contribution is 5.81. The van der Waals surface area contributed by atoms with E-state index >= 15 is 0 Å². The van der Waals surface area contributed by atoms with Gasteiger partial charge in [-0.3, -0.25) is 9.69 Å². The molecule has 1 saturated heterocycles. The summed E-state index contributed by atoms with van der Waals surface area (Å²) in [5.41, 5.74) is 1.32. The Morgan fingerprint density at radius 3 is 2.47 bits per heavy atom. The van der Waals surface area contributed by atoms with E-state index in [2.05, 4.69) is 36.2 Å². The predicted molar refractivity (Wildman–Crippen MR) is 60.6 cm³/mol. The zero-order valence-corrected chi connectivity index (χ0v) is 9.31. The van der Waals surface area contributed by atoms with Crippen molar-refractivity contribution in [1.29, 1.82) is 0 Å². The third-order valence-electron chi connectivity index (χ3n) is 3.35. The van der Waals surface area contributed by atoms with Gasteiger partial charge in [-0.25, -0.2) is 0 Å². The minimum atomic E-state index is 0.121. The molecule has 1 heterocycles. The van der Waals surface area contributed by atoms with Gasteiger partial charge in [0, 0.05) is 6.04 Å². The fraction of sp³-hybridized carbons (Fsp3) is 0.462. The number of hydrogen-bond acceptors (Lipinski definition) is 2. The summed E-state index contributed by atoms with van der Waals surface area (Å²) < 4.78 is 0. The maximum absolute atomic E-state index is 11.4. The van der Waals surface area contributed by atoms with Gasteiger partial charge < -0.3 is 0 Å². The lowest BCUT2D eigenvalue weighted by Crippen LogP contribution is -2.32. The fourth-order valence-electron chi connectivity index (χ4n) is 2.51. The van der Waals surface area contributed by atoms with Crippen LogP contribution >= 0.6 is 0 Å². The minimum Gasteiger partial charge on any atom is -0.298 e. The molecular weight excluding hydrogens is 186 g/mol. The highest BCUT2D eigenvalue weighted by atomic mass is 16.1. The zero-order chi connectivity index (χ0) is 10.8. The molecule has 0 amide bonds. The first kappa shape index (κ1) is 10.4. The first-order chi connectivity index (χ1) is 7.20. The van der Waals surface area contributed by atoms with Crippen LogP contribution in [-0.4, -0.2) is 23.8 Å². The summed E-state index contributed by atoms with van der Waals surface area (Å²) in [6.45, 7) is 1.69. The number of rotatable bonds is 2. The molecule has 0 saturated carbocycles. The molecule has 2 heteroatoms. The highest BCUT2D eigenvalue weighted by Gasteiger charge is 2.33. The molecule has 1 fully saturated rings. The number of Topliss-reactive ketones (excluding diaryl/α,β-unsaturated/α-hetero) is 1. The molecule has 1 aromatic carbocycles. The van der Waals surface area contributed by atoms with E-state index in [0.717, 1.165) is 12.8 Å². The van der Waals surface area contributed by atoms with Crippen LogP contribution in [0.3, 0.4) is 0 Å². The Morgan fingerprint density at radius 2 is 1.93 bits per heavy atom. The number of hydrogen-bond donors (Lipinski definition) is 0. The SMILES string of the molecule is CC(=O)[C@@H]1CCC(c2ccccc2)N1C. The quantitative estimate of drug-likeness (QED) is 0.735. The van der Waals surface area contributed by atoms with Gasteiger partial charge in [0.05, 0.1) is 6.04 Å². The Balaban J connectivity index is 2.17. The minimum absolute atomic E-state index is 0.121. The topological polar surface area (TPSA) is 20.3 Å². The summed E-state index contributed by atoms with van der Waals surface area (Å²) in [6.07, 6.45) is 2.08. The van der Waals surface area contributed by atoms with Crippen LogP contribution in [0.15, 0.2) is 30.3 Å². The molecule has 0 bridgehead atoms. The second-order valence-corrected chi connectivity index (χ2v) is 4.30. The Hall–Kier alpha value is -1.15. The normalized spacial score (nSPS) is 26.8. The van der Waals surface area contributed by atoms with Crippen molar-refractivity contribution in [3.63, 3.8) is 0 Å². The van der Waals surface area contributed by atoms with E-state index in [0.29, 0.717) is 6.04 Å². The highest BCUT2D eigenvalue weighted by Crippen LogP contribution is 2.34. The number of benzene rings is 1. The third kappa shape index (κ3) is 1.95. The summed E-state index contributed by atoms with van der Waals surface area (Å²) in [6, 6.07) is 11.0. The van der Waals surface area contributed by atoms with Gasteiger partial charge in [-0.05, 0) is 32.4 Å². The molecule has 1 unspecified atom stereocenters. The maximum Gasteiger partial charge on any atom is 0.146 e. The average molecular weight is 203 g/mol. The van der Waals surface area contributed by atoms with Gasteiger partial charge in [-0.1, -0.05) is 30.3 Å². The second kappa shape index (κ2) is 4.15. The number of likely N-dealkylation sites (tertiary alicyclic amines) is 1. The van der Waals surface area contributed by atoms with E-state index in [1.165, 1.54) is 5.56 Å². The predicted octanol–water partition coefficient (Wildman–Crippen LogP) is 2.41. The summed E-state index contributed by atoms with van der Waals surface area (Å²) in [7, 11) is 2.05. The van der Waals surface area contributed by atoms with Crippen molar-refractivity contribution < 1.29 is 4.79 Å². The van der Waals surface area contributed by atoms with Crippen molar-refractivity contribution in [1.82, 2.24) is 4.90 Å². The fourth-order valence-corrected chi connectivity index (χ4v) is 2.51. The van der Waals surface area contributed by atoms with Crippen LogP contribution in [0.4, 0.5) is 0 Å². The monoisotopic (exact) mass is 203 g/mol. The molecule has 1 aromatic rings. The first-order valence-electron chi connectivity index (χ1n) is 5.47. The van der Waals surface area contributed by atoms with Gasteiger partial charge in [-0.2, -0.15) is 0 Å². The lowest BCUT2D eigenvalue weighted by Gasteiger charge is -2.24. The standard InChI is InChI=1S/C13H17NO/c1-10(15)12-8-9-13(14(12)2)11-6-4-3-5-7-11/h3-7,12-13H,8-9H2,1-2H3/t12-,13?/m0/s1. The summed E-state index contributed by atoms with van der Waals surface area (Å²) >= 11 is 0. The van der Waals surface area contributed by atoms with Crippen molar-refractivity contribution in [2.24, 2.45) is 0 Å². The third-order valence-corrected chi connectivity index (χ3v) is 3.35. The molecule has 0 radical (unpaired) electrons.